The third-order valence-electron chi connectivity index (χ3n) is 5.46. The lowest BCUT2D eigenvalue weighted by Crippen LogP contribution is -2.38. The highest BCUT2D eigenvalue weighted by molar-refractivity contribution is 5.93. The van der Waals surface area contributed by atoms with Gasteiger partial charge < -0.3 is 5.32 Å². The topological polar surface area (TPSA) is 84.3 Å². The van der Waals surface area contributed by atoms with Crippen molar-refractivity contribution in [2.75, 3.05) is 10.2 Å². The summed E-state index contributed by atoms with van der Waals surface area (Å²) in [6.45, 7) is 2.82. The number of para-hydroxylation sites is 3. The van der Waals surface area contributed by atoms with E-state index >= 15 is 0 Å². The number of benzene rings is 3. The lowest BCUT2D eigenvalue weighted by molar-refractivity contribution is -0.117. The molecule has 0 bridgehead atoms. The number of anilines is 2. The number of halogens is 2. The van der Waals surface area contributed by atoms with Crippen LogP contribution in [0.25, 0.3) is 11.0 Å². The maximum atomic E-state index is 14.0. The Bertz CT molecular complexity index is 1460. The van der Waals surface area contributed by atoms with E-state index in [2.05, 4.69) is 10.3 Å². The van der Waals surface area contributed by atoms with Crippen molar-refractivity contribution in [2.24, 2.45) is 0 Å². The predicted molar refractivity (Wildman–Crippen MR) is 129 cm³/mol. The SMILES string of the molecule is CC(=O)N(Cc1ccc(C)cc1)c1nc2ccccc2n(CC(=O)Nc2c(F)cccc2F)c1=O. The third-order valence-corrected chi connectivity index (χ3v) is 5.46. The van der Waals surface area contributed by atoms with E-state index in [1.807, 2.05) is 31.2 Å². The van der Waals surface area contributed by atoms with E-state index in [-0.39, 0.29) is 12.4 Å². The van der Waals surface area contributed by atoms with Crippen molar-refractivity contribution in [1.29, 1.82) is 0 Å². The first kappa shape index (κ1) is 23.7. The fourth-order valence-electron chi connectivity index (χ4n) is 3.66. The van der Waals surface area contributed by atoms with Crippen molar-refractivity contribution in [3.05, 3.63) is 99.8 Å². The molecule has 178 valence electrons. The molecule has 9 heteroatoms. The molecule has 4 aromatic rings. The molecule has 1 N–H and O–H groups in total. The van der Waals surface area contributed by atoms with Crippen LogP contribution in [0.5, 0.6) is 0 Å². The van der Waals surface area contributed by atoms with Crippen LogP contribution in [-0.2, 0) is 22.7 Å². The van der Waals surface area contributed by atoms with Crippen LogP contribution in [0.15, 0.2) is 71.5 Å². The summed E-state index contributed by atoms with van der Waals surface area (Å²) in [6, 6.07) is 17.3. The van der Waals surface area contributed by atoms with Gasteiger partial charge in [-0.05, 0) is 36.8 Å². The largest absolute Gasteiger partial charge is 0.320 e. The van der Waals surface area contributed by atoms with Crippen LogP contribution in [0.4, 0.5) is 20.3 Å². The van der Waals surface area contributed by atoms with Crippen LogP contribution < -0.4 is 15.8 Å². The maximum absolute atomic E-state index is 14.0. The molecule has 0 aliphatic rings. The van der Waals surface area contributed by atoms with E-state index in [1.54, 1.807) is 24.3 Å². The normalized spacial score (nSPS) is 10.9. The van der Waals surface area contributed by atoms with Crippen LogP contribution >= 0.6 is 0 Å². The average Bonchev–Trinajstić information content (AvgIpc) is 2.83. The Balaban J connectivity index is 1.75. The standard InChI is InChI=1S/C26H22F2N4O3/c1-16-10-12-18(13-11-16)14-31(17(2)33)25-26(35)32(22-9-4-3-8-21(22)29-25)15-23(34)30-24-19(27)6-5-7-20(24)28/h3-13H,14-15H2,1-2H3,(H,30,34). The number of aromatic nitrogens is 2. The monoisotopic (exact) mass is 476 g/mol. The smallest absolute Gasteiger partial charge is 0.294 e. The lowest BCUT2D eigenvalue weighted by atomic mass is 10.1. The van der Waals surface area contributed by atoms with Gasteiger partial charge in [0.1, 0.15) is 23.9 Å². The van der Waals surface area contributed by atoms with Crippen LogP contribution in [-0.4, -0.2) is 21.4 Å². The zero-order valence-electron chi connectivity index (χ0n) is 19.1. The molecule has 0 aliphatic carbocycles. The van der Waals surface area contributed by atoms with Gasteiger partial charge in [-0.15, -0.1) is 0 Å². The number of nitrogens with one attached hydrogen (secondary N) is 1. The number of hydrogen-bond acceptors (Lipinski definition) is 4. The number of carbonyl (C=O) groups excluding carboxylic acids is 2. The number of hydrogen-bond donors (Lipinski definition) is 1. The molecule has 0 saturated carbocycles. The van der Waals surface area contributed by atoms with E-state index in [9.17, 15) is 23.2 Å². The number of aryl methyl sites for hydroxylation is 1. The first-order valence-corrected chi connectivity index (χ1v) is 10.8. The minimum atomic E-state index is -0.938. The van der Waals surface area contributed by atoms with E-state index in [1.165, 1.54) is 17.9 Å². The summed E-state index contributed by atoms with van der Waals surface area (Å²) in [5.41, 5.74) is 1.27. The highest BCUT2D eigenvalue weighted by Crippen LogP contribution is 2.20. The molecule has 2 amide bonds. The van der Waals surface area contributed by atoms with Gasteiger partial charge in [0.15, 0.2) is 0 Å². The molecule has 0 fully saturated rings. The first-order valence-electron chi connectivity index (χ1n) is 10.8. The number of rotatable bonds is 6. The fraction of sp³-hybridized carbons (Fsp3) is 0.154. The summed E-state index contributed by atoms with van der Waals surface area (Å²) in [6.07, 6.45) is 0. The van der Waals surface area contributed by atoms with Crippen LogP contribution in [0, 0.1) is 18.6 Å². The molecule has 35 heavy (non-hydrogen) atoms. The van der Waals surface area contributed by atoms with E-state index in [0.717, 1.165) is 27.8 Å². The average molecular weight is 476 g/mol. The van der Waals surface area contributed by atoms with Crippen LogP contribution in [0.1, 0.15) is 18.1 Å². The Kier molecular flexibility index (Phi) is 6.68. The second-order valence-corrected chi connectivity index (χ2v) is 8.05. The number of amides is 2. The molecule has 0 spiro atoms. The minimum Gasteiger partial charge on any atom is -0.320 e. The van der Waals surface area contributed by atoms with Gasteiger partial charge in [-0.1, -0.05) is 48.0 Å². The molecule has 3 aromatic carbocycles. The summed E-state index contributed by atoms with van der Waals surface area (Å²) in [5.74, 6) is -3.25. The van der Waals surface area contributed by atoms with Crippen molar-refractivity contribution in [3.8, 4) is 0 Å². The number of carbonyl (C=O) groups is 2. The Labute approximate surface area is 199 Å². The Hall–Kier alpha value is -4.40. The zero-order valence-corrected chi connectivity index (χ0v) is 19.1. The molecule has 0 saturated heterocycles. The van der Waals surface area contributed by atoms with Gasteiger partial charge >= 0.3 is 0 Å². The van der Waals surface area contributed by atoms with Gasteiger partial charge in [-0.3, -0.25) is 23.9 Å². The predicted octanol–water partition coefficient (Wildman–Crippen LogP) is 4.17. The van der Waals surface area contributed by atoms with Crippen molar-refractivity contribution < 1.29 is 18.4 Å². The molecule has 0 radical (unpaired) electrons. The van der Waals surface area contributed by atoms with E-state index in [0.29, 0.717) is 11.0 Å². The fourth-order valence-corrected chi connectivity index (χ4v) is 3.66. The molecular formula is C26H22F2N4O3. The van der Waals surface area contributed by atoms with E-state index in [4.69, 9.17) is 0 Å². The molecule has 0 unspecified atom stereocenters. The summed E-state index contributed by atoms with van der Waals surface area (Å²) in [7, 11) is 0. The quantitative estimate of drug-likeness (QED) is 0.453. The molecule has 0 atom stereocenters. The number of nitrogens with zero attached hydrogens (tertiary/aromatic N) is 3. The third kappa shape index (κ3) is 5.08. The summed E-state index contributed by atoms with van der Waals surface area (Å²) < 4.78 is 29.1. The lowest BCUT2D eigenvalue weighted by Gasteiger charge is -2.21. The molecule has 4 rings (SSSR count). The minimum absolute atomic E-state index is 0.100. The molecule has 1 aromatic heterocycles. The second-order valence-electron chi connectivity index (χ2n) is 8.05. The maximum Gasteiger partial charge on any atom is 0.294 e. The Morgan fingerprint density at radius 2 is 1.63 bits per heavy atom. The van der Waals surface area contributed by atoms with Gasteiger partial charge in [-0.2, -0.15) is 0 Å². The van der Waals surface area contributed by atoms with Crippen molar-refractivity contribution in [1.82, 2.24) is 9.55 Å². The molecular weight excluding hydrogens is 454 g/mol. The van der Waals surface area contributed by atoms with Crippen molar-refractivity contribution >= 4 is 34.4 Å². The molecule has 7 nitrogen and oxygen atoms in total. The van der Waals surface area contributed by atoms with Crippen LogP contribution in [0.2, 0.25) is 0 Å². The number of fused-ring (bicyclic) bond motifs is 1. The van der Waals surface area contributed by atoms with Crippen molar-refractivity contribution in [3.63, 3.8) is 0 Å². The van der Waals surface area contributed by atoms with Gasteiger partial charge in [0.2, 0.25) is 17.6 Å². The van der Waals surface area contributed by atoms with Gasteiger partial charge in [0.25, 0.3) is 5.56 Å². The summed E-state index contributed by atoms with van der Waals surface area (Å²) in [4.78, 5) is 44.4. The summed E-state index contributed by atoms with van der Waals surface area (Å²) >= 11 is 0. The second kappa shape index (κ2) is 9.84. The van der Waals surface area contributed by atoms with Gasteiger partial charge in [-0.25, -0.2) is 13.8 Å². The van der Waals surface area contributed by atoms with Gasteiger partial charge in [0, 0.05) is 6.92 Å². The highest BCUT2D eigenvalue weighted by Gasteiger charge is 2.22. The summed E-state index contributed by atoms with van der Waals surface area (Å²) in [5, 5.41) is 2.19. The van der Waals surface area contributed by atoms with Crippen LogP contribution in [0.3, 0.4) is 0 Å². The highest BCUT2D eigenvalue weighted by atomic mass is 19.1. The Morgan fingerprint density at radius 1 is 0.971 bits per heavy atom. The van der Waals surface area contributed by atoms with Gasteiger partial charge in [0.05, 0.1) is 17.6 Å². The molecule has 0 aliphatic heterocycles. The van der Waals surface area contributed by atoms with E-state index < -0.39 is 41.2 Å². The molecule has 1 heterocycles. The Morgan fingerprint density at radius 3 is 2.29 bits per heavy atom. The first-order chi connectivity index (χ1) is 16.7. The van der Waals surface area contributed by atoms with Crippen molar-refractivity contribution in [2.45, 2.75) is 26.9 Å². The zero-order chi connectivity index (χ0) is 25.1.